The number of nitrogens with one attached hydrogen (secondary N) is 1. The maximum absolute atomic E-state index is 13.2. The van der Waals surface area contributed by atoms with Crippen molar-refractivity contribution in [3.63, 3.8) is 0 Å². The second-order valence-corrected chi connectivity index (χ2v) is 6.92. The number of aromatic amines is 1. The number of rotatable bonds is 1. The van der Waals surface area contributed by atoms with Gasteiger partial charge < -0.3 is 16.5 Å². The number of nitrogen functional groups attached to an aromatic ring is 2. The summed E-state index contributed by atoms with van der Waals surface area (Å²) in [6, 6.07) is 18.5. The Hall–Kier alpha value is -3.72. The molecule has 6 nitrogen and oxygen atoms in total. The fourth-order valence-corrected chi connectivity index (χ4v) is 2.52. The van der Waals surface area contributed by atoms with Crippen LogP contribution in [0.25, 0.3) is 5.69 Å². The van der Waals surface area contributed by atoms with Gasteiger partial charge in [-0.25, -0.2) is 8.78 Å². The van der Waals surface area contributed by atoms with E-state index in [1.807, 2.05) is 0 Å². The fourth-order valence-electron chi connectivity index (χ4n) is 2.18. The summed E-state index contributed by atoms with van der Waals surface area (Å²) in [7, 11) is 0. The van der Waals surface area contributed by atoms with E-state index in [1.54, 1.807) is 48.8 Å². The number of nitrogens with two attached hydrogens (primary N) is 2. The van der Waals surface area contributed by atoms with Crippen LogP contribution in [0.4, 0.5) is 20.2 Å². The monoisotopic (exact) mass is 488 g/mol. The minimum Gasteiger partial charge on any atom is -0.396 e. The lowest BCUT2D eigenvalue weighted by Gasteiger charge is -2.05. The molecule has 160 valence electrons. The second-order valence-electron chi connectivity index (χ2n) is 6.01. The lowest BCUT2D eigenvalue weighted by Crippen LogP contribution is -2.15. The van der Waals surface area contributed by atoms with Crippen molar-refractivity contribution >= 4 is 27.3 Å². The van der Waals surface area contributed by atoms with E-state index in [1.165, 1.54) is 41.0 Å². The van der Waals surface area contributed by atoms with Gasteiger partial charge in [0.05, 0.1) is 17.1 Å². The normalized spacial score (nSPS) is 9.65. The maximum Gasteiger partial charge on any atom is 0.255 e. The molecule has 31 heavy (non-hydrogen) atoms. The molecule has 0 unspecified atom stereocenters. The highest BCUT2D eigenvalue weighted by Gasteiger charge is 2.02. The van der Waals surface area contributed by atoms with E-state index in [9.17, 15) is 18.4 Å². The molecule has 0 saturated carbocycles. The van der Waals surface area contributed by atoms with Gasteiger partial charge in [0.25, 0.3) is 5.56 Å². The molecule has 0 saturated heterocycles. The van der Waals surface area contributed by atoms with Crippen molar-refractivity contribution in [3.8, 4) is 5.69 Å². The number of benzene rings is 2. The first-order chi connectivity index (χ1) is 14.8. The second kappa shape index (κ2) is 11.5. The van der Waals surface area contributed by atoms with Gasteiger partial charge in [-0.3, -0.25) is 14.2 Å². The molecule has 0 atom stereocenters. The molecular weight excluding hydrogens is 470 g/mol. The summed E-state index contributed by atoms with van der Waals surface area (Å²) < 4.78 is 27.6. The molecule has 2 heterocycles. The first-order valence-corrected chi connectivity index (χ1v) is 9.64. The lowest BCUT2D eigenvalue weighted by atomic mass is 10.2. The summed E-state index contributed by atoms with van der Waals surface area (Å²) in [4.78, 5) is 24.1. The Labute approximate surface area is 184 Å². The van der Waals surface area contributed by atoms with Crippen LogP contribution in [-0.2, 0) is 0 Å². The molecule has 0 spiro atoms. The van der Waals surface area contributed by atoms with Crippen LogP contribution in [-0.4, -0.2) is 9.55 Å². The molecule has 5 N–H and O–H groups in total. The van der Waals surface area contributed by atoms with Crippen LogP contribution < -0.4 is 22.6 Å². The van der Waals surface area contributed by atoms with Crippen molar-refractivity contribution in [2.45, 2.75) is 0 Å². The molecule has 4 aromatic rings. The summed E-state index contributed by atoms with van der Waals surface area (Å²) in [5.74, 6) is -0.910. The van der Waals surface area contributed by atoms with Crippen molar-refractivity contribution in [2.24, 2.45) is 0 Å². The van der Waals surface area contributed by atoms with Crippen molar-refractivity contribution in [2.75, 3.05) is 11.5 Å². The van der Waals surface area contributed by atoms with Crippen molar-refractivity contribution in [1.29, 1.82) is 0 Å². The molecule has 0 aliphatic rings. The van der Waals surface area contributed by atoms with Crippen LogP contribution in [0.1, 0.15) is 0 Å². The highest BCUT2D eigenvalue weighted by atomic mass is 79.9. The molecule has 4 rings (SSSR count). The number of H-pyrrole nitrogens is 1. The van der Waals surface area contributed by atoms with E-state index in [2.05, 4.69) is 20.9 Å². The van der Waals surface area contributed by atoms with E-state index in [0.717, 1.165) is 0 Å². The number of aromatic nitrogens is 2. The van der Waals surface area contributed by atoms with Gasteiger partial charge in [0.15, 0.2) is 0 Å². The van der Waals surface area contributed by atoms with Crippen molar-refractivity contribution in [1.82, 2.24) is 9.55 Å². The molecular formula is C22H19BrF2N4O2. The Bertz CT molecular complexity index is 1240. The molecule has 0 amide bonds. The van der Waals surface area contributed by atoms with Crippen LogP contribution in [0, 0.1) is 11.6 Å². The molecule has 2 aromatic heterocycles. The lowest BCUT2D eigenvalue weighted by molar-refractivity contribution is 0.631. The van der Waals surface area contributed by atoms with Gasteiger partial charge in [-0.05, 0) is 42.5 Å². The first kappa shape index (κ1) is 23.6. The van der Waals surface area contributed by atoms with Gasteiger partial charge in [-0.1, -0.05) is 28.1 Å². The van der Waals surface area contributed by atoms with E-state index in [0.29, 0.717) is 10.2 Å². The van der Waals surface area contributed by atoms with Crippen molar-refractivity contribution in [3.05, 3.63) is 122 Å². The minimum absolute atomic E-state index is 0.0532. The van der Waals surface area contributed by atoms with Crippen LogP contribution >= 0.6 is 15.9 Å². The van der Waals surface area contributed by atoms with Crippen molar-refractivity contribution < 1.29 is 8.78 Å². The number of anilines is 2. The zero-order chi connectivity index (χ0) is 22.8. The Morgan fingerprint density at radius 1 is 0.806 bits per heavy atom. The predicted molar refractivity (Wildman–Crippen MR) is 122 cm³/mol. The average Bonchev–Trinajstić information content (AvgIpc) is 2.75. The first-order valence-electron chi connectivity index (χ1n) is 8.85. The third-order valence-corrected chi connectivity index (χ3v) is 4.22. The quantitative estimate of drug-likeness (QED) is 0.350. The third kappa shape index (κ3) is 7.56. The topological polar surface area (TPSA) is 107 Å². The van der Waals surface area contributed by atoms with Gasteiger partial charge >= 0.3 is 0 Å². The maximum atomic E-state index is 13.2. The summed E-state index contributed by atoms with van der Waals surface area (Å²) in [6.45, 7) is 0. The molecule has 0 fully saturated rings. The van der Waals surface area contributed by atoms with Gasteiger partial charge in [0.2, 0.25) is 5.56 Å². The number of nitrogens with zero attached hydrogens (tertiary/aromatic N) is 1. The number of hydrogen-bond acceptors (Lipinski definition) is 4. The van der Waals surface area contributed by atoms with Crippen LogP contribution in [0.15, 0.2) is 99.3 Å². The Kier molecular flexibility index (Phi) is 8.71. The molecule has 0 aliphatic heterocycles. The van der Waals surface area contributed by atoms with Crippen LogP contribution in [0.2, 0.25) is 0 Å². The zero-order valence-electron chi connectivity index (χ0n) is 16.1. The number of halogens is 3. The highest BCUT2D eigenvalue weighted by molar-refractivity contribution is 9.10. The Balaban J connectivity index is 0.000000181. The molecule has 9 heteroatoms. The number of hydrogen-bond donors (Lipinski definition) is 3. The summed E-state index contributed by atoms with van der Waals surface area (Å²) in [5.41, 5.74) is 11.0. The van der Waals surface area contributed by atoms with Crippen LogP contribution in [0.5, 0.6) is 0 Å². The molecule has 0 bridgehead atoms. The minimum atomic E-state index is -0.525. The molecule has 2 aromatic carbocycles. The summed E-state index contributed by atoms with van der Waals surface area (Å²) >= 11 is 3.10. The average molecular weight is 489 g/mol. The van der Waals surface area contributed by atoms with E-state index < -0.39 is 5.82 Å². The van der Waals surface area contributed by atoms with Gasteiger partial charge in [-0.15, -0.1) is 0 Å². The zero-order valence-corrected chi connectivity index (χ0v) is 17.7. The smallest absolute Gasteiger partial charge is 0.255 e. The van der Waals surface area contributed by atoms with Gasteiger partial charge in [0, 0.05) is 35.1 Å². The van der Waals surface area contributed by atoms with E-state index >= 15 is 0 Å². The van der Waals surface area contributed by atoms with Crippen LogP contribution in [0.3, 0.4) is 0 Å². The van der Waals surface area contributed by atoms with Gasteiger partial charge in [0.1, 0.15) is 11.6 Å². The third-order valence-electron chi connectivity index (χ3n) is 3.73. The molecule has 0 aliphatic carbocycles. The Morgan fingerprint density at radius 2 is 1.45 bits per heavy atom. The summed E-state index contributed by atoms with van der Waals surface area (Å²) in [5, 5.41) is 0. The fraction of sp³-hybridized carbons (Fsp3) is 0. The SMILES string of the molecule is Nc1ccc(-n2ccccc2=O)cc1F.Nc1ccc(Br)cc1F.O=c1cccc[nH]1. The highest BCUT2D eigenvalue weighted by Crippen LogP contribution is 2.16. The predicted octanol–water partition coefficient (Wildman–Crippen LogP) is 4.10. The largest absolute Gasteiger partial charge is 0.396 e. The summed E-state index contributed by atoms with van der Waals surface area (Å²) in [6.07, 6.45) is 3.18. The standard InChI is InChI=1S/C11H9FN2O.C6H5BrFN.C5H5NO/c12-9-7-8(4-5-10(9)13)14-6-2-1-3-11(14)15;7-4-1-2-6(9)5(8)3-4;7-5-3-1-2-4-6-5/h1-7H,13H2;1-3H,9H2;1-4H,(H,6,7). The Morgan fingerprint density at radius 3 is 1.94 bits per heavy atom. The number of pyridine rings is 2. The van der Waals surface area contributed by atoms with Gasteiger partial charge in [-0.2, -0.15) is 0 Å². The molecule has 0 radical (unpaired) electrons. The van der Waals surface area contributed by atoms with E-state index in [-0.39, 0.29) is 28.3 Å². The van der Waals surface area contributed by atoms with E-state index in [4.69, 9.17) is 11.5 Å².